The maximum atomic E-state index is 6.30. The molecule has 0 aromatic carbocycles. The van der Waals surface area contributed by atoms with Crippen molar-refractivity contribution < 1.29 is 14.0 Å². The molecule has 1 atom stereocenters. The SMILES string of the molecule is CCOC1(c2noc(C3(N)CCOC3)n2)CCC(C)CC1. The zero-order chi connectivity index (χ0) is 14.9. The summed E-state index contributed by atoms with van der Waals surface area (Å²) >= 11 is 0. The lowest BCUT2D eigenvalue weighted by Gasteiger charge is -2.36. The minimum absolute atomic E-state index is 0.404. The van der Waals surface area contributed by atoms with Gasteiger partial charge in [0.2, 0.25) is 11.7 Å². The fourth-order valence-corrected chi connectivity index (χ4v) is 3.30. The third-order valence-electron chi connectivity index (χ3n) is 4.81. The van der Waals surface area contributed by atoms with Crippen molar-refractivity contribution in [1.29, 1.82) is 0 Å². The Balaban J connectivity index is 1.85. The second kappa shape index (κ2) is 5.66. The monoisotopic (exact) mass is 295 g/mol. The van der Waals surface area contributed by atoms with Gasteiger partial charge >= 0.3 is 0 Å². The van der Waals surface area contributed by atoms with Crippen LogP contribution in [0.1, 0.15) is 57.7 Å². The van der Waals surface area contributed by atoms with Gasteiger partial charge in [-0.15, -0.1) is 0 Å². The van der Waals surface area contributed by atoms with Gasteiger partial charge in [-0.2, -0.15) is 4.98 Å². The standard InChI is InChI=1S/C15H25N3O3/c1-3-20-15(6-4-11(2)5-7-15)12-17-13(21-18-12)14(16)8-9-19-10-14/h11H,3-10,16H2,1-2H3. The van der Waals surface area contributed by atoms with E-state index in [4.69, 9.17) is 19.7 Å². The van der Waals surface area contributed by atoms with Crippen LogP contribution in [0, 0.1) is 5.92 Å². The van der Waals surface area contributed by atoms with E-state index in [1.165, 1.54) is 0 Å². The topological polar surface area (TPSA) is 83.4 Å². The fourth-order valence-electron chi connectivity index (χ4n) is 3.30. The quantitative estimate of drug-likeness (QED) is 0.915. The van der Waals surface area contributed by atoms with Gasteiger partial charge in [0.15, 0.2) is 0 Å². The fraction of sp³-hybridized carbons (Fsp3) is 0.867. The first-order valence-electron chi connectivity index (χ1n) is 7.93. The molecule has 6 nitrogen and oxygen atoms in total. The predicted octanol–water partition coefficient (Wildman–Crippen LogP) is 2.09. The Labute approximate surface area is 125 Å². The lowest BCUT2D eigenvalue weighted by atomic mass is 9.79. The van der Waals surface area contributed by atoms with E-state index in [9.17, 15) is 0 Å². The number of hydrogen-bond acceptors (Lipinski definition) is 6. The van der Waals surface area contributed by atoms with Crippen LogP contribution >= 0.6 is 0 Å². The number of aromatic nitrogens is 2. The molecule has 0 spiro atoms. The highest BCUT2D eigenvalue weighted by molar-refractivity contribution is 5.10. The Hall–Kier alpha value is -0.980. The molecule has 1 aliphatic heterocycles. The predicted molar refractivity (Wildman–Crippen MR) is 76.5 cm³/mol. The first-order valence-corrected chi connectivity index (χ1v) is 7.93. The first kappa shape index (κ1) is 14.9. The molecule has 118 valence electrons. The van der Waals surface area contributed by atoms with E-state index in [0.717, 1.165) is 31.6 Å². The third-order valence-corrected chi connectivity index (χ3v) is 4.81. The maximum Gasteiger partial charge on any atom is 0.249 e. The van der Waals surface area contributed by atoms with Gasteiger partial charge in [0, 0.05) is 13.2 Å². The molecule has 2 fully saturated rings. The van der Waals surface area contributed by atoms with Crippen molar-refractivity contribution in [3.05, 3.63) is 11.7 Å². The van der Waals surface area contributed by atoms with Crippen LogP contribution in [0.15, 0.2) is 4.52 Å². The van der Waals surface area contributed by atoms with Gasteiger partial charge in [0.25, 0.3) is 0 Å². The van der Waals surface area contributed by atoms with Crippen molar-refractivity contribution >= 4 is 0 Å². The van der Waals surface area contributed by atoms with Gasteiger partial charge in [0.05, 0.1) is 6.61 Å². The van der Waals surface area contributed by atoms with Gasteiger partial charge in [-0.3, -0.25) is 0 Å². The normalized spacial score (nSPS) is 37.0. The summed E-state index contributed by atoms with van der Waals surface area (Å²) in [5.74, 6) is 1.87. The van der Waals surface area contributed by atoms with Crippen molar-refractivity contribution in [3.63, 3.8) is 0 Å². The number of nitrogens with two attached hydrogens (primary N) is 1. The number of ether oxygens (including phenoxy) is 2. The van der Waals surface area contributed by atoms with E-state index in [2.05, 4.69) is 17.1 Å². The Morgan fingerprint density at radius 3 is 2.71 bits per heavy atom. The summed E-state index contributed by atoms with van der Waals surface area (Å²) < 4.78 is 16.9. The van der Waals surface area contributed by atoms with E-state index in [1.54, 1.807) is 0 Å². The highest BCUT2D eigenvalue weighted by Gasteiger charge is 2.44. The van der Waals surface area contributed by atoms with Crippen molar-refractivity contribution in [2.45, 2.75) is 57.1 Å². The van der Waals surface area contributed by atoms with Crippen molar-refractivity contribution in [2.75, 3.05) is 19.8 Å². The van der Waals surface area contributed by atoms with Gasteiger partial charge in [-0.05, 0) is 44.9 Å². The summed E-state index contributed by atoms with van der Waals surface area (Å²) in [5, 5.41) is 4.20. The largest absolute Gasteiger partial charge is 0.379 e. The number of rotatable bonds is 4. The highest BCUT2D eigenvalue weighted by Crippen LogP contribution is 2.41. The first-order chi connectivity index (χ1) is 10.1. The Kier molecular flexibility index (Phi) is 4.03. The Bertz CT molecular complexity index is 474. The minimum Gasteiger partial charge on any atom is -0.379 e. The van der Waals surface area contributed by atoms with Crippen molar-refractivity contribution in [2.24, 2.45) is 11.7 Å². The number of hydrogen-bond donors (Lipinski definition) is 1. The molecule has 0 bridgehead atoms. The average molecular weight is 295 g/mol. The maximum absolute atomic E-state index is 6.30. The molecule has 21 heavy (non-hydrogen) atoms. The smallest absolute Gasteiger partial charge is 0.249 e. The molecule has 1 aliphatic carbocycles. The van der Waals surface area contributed by atoms with Crippen LogP contribution in [0.5, 0.6) is 0 Å². The van der Waals surface area contributed by atoms with Crippen LogP contribution in [-0.2, 0) is 20.6 Å². The van der Waals surface area contributed by atoms with E-state index in [0.29, 0.717) is 38.0 Å². The number of nitrogens with zero attached hydrogens (tertiary/aromatic N) is 2. The van der Waals surface area contributed by atoms with E-state index in [-0.39, 0.29) is 0 Å². The molecule has 0 amide bonds. The van der Waals surface area contributed by atoms with Gasteiger partial charge in [-0.1, -0.05) is 12.1 Å². The van der Waals surface area contributed by atoms with Gasteiger partial charge < -0.3 is 19.7 Å². The molecule has 1 aromatic rings. The Morgan fingerprint density at radius 2 is 2.10 bits per heavy atom. The van der Waals surface area contributed by atoms with Gasteiger partial charge in [-0.25, -0.2) is 0 Å². The summed E-state index contributed by atoms with van der Waals surface area (Å²) in [6, 6.07) is 0. The Morgan fingerprint density at radius 1 is 1.33 bits per heavy atom. The van der Waals surface area contributed by atoms with E-state index < -0.39 is 11.1 Å². The van der Waals surface area contributed by atoms with Crippen LogP contribution in [0.25, 0.3) is 0 Å². The summed E-state index contributed by atoms with van der Waals surface area (Å²) in [5.41, 5.74) is 5.26. The molecule has 1 unspecified atom stereocenters. The summed E-state index contributed by atoms with van der Waals surface area (Å²) in [4.78, 5) is 4.60. The molecular formula is C15H25N3O3. The highest BCUT2D eigenvalue weighted by atomic mass is 16.5. The summed E-state index contributed by atoms with van der Waals surface area (Å²) in [7, 11) is 0. The van der Waals surface area contributed by atoms with Crippen molar-refractivity contribution in [1.82, 2.24) is 10.1 Å². The molecule has 1 aromatic heterocycles. The van der Waals surface area contributed by atoms with Crippen LogP contribution in [0.2, 0.25) is 0 Å². The molecule has 2 N–H and O–H groups in total. The molecule has 0 radical (unpaired) electrons. The lowest BCUT2D eigenvalue weighted by molar-refractivity contribution is -0.0847. The summed E-state index contributed by atoms with van der Waals surface area (Å²) in [6.45, 7) is 6.02. The molecule has 2 aliphatic rings. The minimum atomic E-state index is -0.638. The van der Waals surface area contributed by atoms with Crippen molar-refractivity contribution in [3.8, 4) is 0 Å². The molecule has 1 saturated heterocycles. The molecule has 3 rings (SSSR count). The van der Waals surface area contributed by atoms with Crippen LogP contribution in [-0.4, -0.2) is 30.0 Å². The third kappa shape index (κ3) is 2.72. The second-order valence-electron chi connectivity index (χ2n) is 6.49. The molecular weight excluding hydrogens is 270 g/mol. The van der Waals surface area contributed by atoms with Crippen LogP contribution in [0.4, 0.5) is 0 Å². The van der Waals surface area contributed by atoms with Gasteiger partial charge in [0.1, 0.15) is 11.1 Å². The second-order valence-corrected chi connectivity index (χ2v) is 6.49. The average Bonchev–Trinajstić information content (AvgIpc) is 3.12. The molecule has 6 heteroatoms. The van der Waals surface area contributed by atoms with Crippen LogP contribution in [0.3, 0.4) is 0 Å². The zero-order valence-corrected chi connectivity index (χ0v) is 12.9. The van der Waals surface area contributed by atoms with E-state index >= 15 is 0 Å². The molecule has 1 saturated carbocycles. The lowest BCUT2D eigenvalue weighted by Crippen LogP contribution is -2.38. The van der Waals surface area contributed by atoms with E-state index in [1.807, 2.05) is 6.92 Å². The van der Waals surface area contributed by atoms with Crippen LogP contribution < -0.4 is 5.73 Å². The zero-order valence-electron chi connectivity index (χ0n) is 12.9. The molecule has 2 heterocycles. The summed E-state index contributed by atoms with van der Waals surface area (Å²) in [6.07, 6.45) is 4.85.